The van der Waals surface area contributed by atoms with E-state index in [-0.39, 0.29) is 6.61 Å². The van der Waals surface area contributed by atoms with E-state index in [2.05, 4.69) is 5.32 Å². The highest BCUT2D eigenvalue weighted by atomic mass is 16.3. The van der Waals surface area contributed by atoms with Crippen LogP contribution >= 0.6 is 0 Å². The standard InChI is InChI=1S/C9H20N2O/c10-7-9(8-3-1-4-8)11-5-2-6-12/h8-9,11-12H,1-7,10H2. The second-order valence-electron chi connectivity index (χ2n) is 3.56. The molecule has 0 aromatic heterocycles. The molecule has 1 atom stereocenters. The highest BCUT2D eigenvalue weighted by Crippen LogP contribution is 2.29. The normalized spacial score (nSPS) is 20.5. The Balaban J connectivity index is 2.07. The van der Waals surface area contributed by atoms with Crippen molar-refractivity contribution in [1.29, 1.82) is 0 Å². The highest BCUT2D eigenvalue weighted by molar-refractivity contribution is 4.83. The Hall–Kier alpha value is -0.120. The summed E-state index contributed by atoms with van der Waals surface area (Å²) in [6.45, 7) is 1.90. The van der Waals surface area contributed by atoms with E-state index in [1.807, 2.05) is 0 Å². The lowest BCUT2D eigenvalue weighted by Gasteiger charge is -2.33. The third kappa shape index (κ3) is 2.73. The number of hydrogen-bond donors (Lipinski definition) is 3. The Labute approximate surface area is 74.3 Å². The lowest BCUT2D eigenvalue weighted by Crippen LogP contribution is -2.45. The maximum atomic E-state index is 8.59. The summed E-state index contributed by atoms with van der Waals surface area (Å²) in [6, 6.07) is 0.491. The SMILES string of the molecule is NCC(NCCCO)C1CCC1. The average molecular weight is 172 g/mol. The first-order chi connectivity index (χ1) is 5.88. The van der Waals surface area contributed by atoms with Gasteiger partial charge >= 0.3 is 0 Å². The van der Waals surface area contributed by atoms with Crippen LogP contribution in [0.5, 0.6) is 0 Å². The molecular weight excluding hydrogens is 152 g/mol. The summed E-state index contributed by atoms with van der Waals surface area (Å²) in [4.78, 5) is 0. The topological polar surface area (TPSA) is 58.3 Å². The van der Waals surface area contributed by atoms with Crippen molar-refractivity contribution < 1.29 is 5.11 Å². The molecule has 0 aliphatic heterocycles. The molecule has 0 aromatic rings. The monoisotopic (exact) mass is 172 g/mol. The zero-order valence-corrected chi connectivity index (χ0v) is 7.63. The lowest BCUT2D eigenvalue weighted by molar-refractivity contribution is 0.224. The fourth-order valence-electron chi connectivity index (χ4n) is 1.65. The maximum Gasteiger partial charge on any atom is 0.0443 e. The Kier molecular flexibility index (Phi) is 4.58. The molecule has 0 spiro atoms. The third-order valence-corrected chi connectivity index (χ3v) is 2.71. The van der Waals surface area contributed by atoms with Crippen LogP contribution < -0.4 is 11.1 Å². The van der Waals surface area contributed by atoms with Crippen molar-refractivity contribution in [2.24, 2.45) is 11.7 Å². The van der Waals surface area contributed by atoms with Crippen LogP contribution in [0, 0.1) is 5.92 Å². The number of nitrogens with one attached hydrogen (secondary N) is 1. The molecule has 1 aliphatic carbocycles. The van der Waals surface area contributed by atoms with E-state index < -0.39 is 0 Å². The molecule has 1 rings (SSSR count). The number of hydrogen-bond acceptors (Lipinski definition) is 3. The van der Waals surface area contributed by atoms with Crippen LogP contribution in [-0.4, -0.2) is 30.8 Å². The van der Waals surface area contributed by atoms with Crippen molar-refractivity contribution in [2.45, 2.75) is 31.7 Å². The number of aliphatic hydroxyl groups excluding tert-OH is 1. The molecule has 0 radical (unpaired) electrons. The van der Waals surface area contributed by atoms with Gasteiger partial charge < -0.3 is 16.2 Å². The molecule has 0 heterocycles. The molecular formula is C9H20N2O. The van der Waals surface area contributed by atoms with E-state index in [4.69, 9.17) is 10.8 Å². The lowest BCUT2D eigenvalue weighted by atomic mass is 9.79. The molecule has 1 unspecified atom stereocenters. The van der Waals surface area contributed by atoms with Crippen molar-refractivity contribution in [3.05, 3.63) is 0 Å². The molecule has 4 N–H and O–H groups in total. The number of nitrogens with two attached hydrogens (primary N) is 1. The van der Waals surface area contributed by atoms with Crippen LogP contribution in [0.2, 0.25) is 0 Å². The van der Waals surface area contributed by atoms with Gasteiger partial charge in [0.15, 0.2) is 0 Å². The van der Waals surface area contributed by atoms with Gasteiger partial charge in [-0.05, 0) is 31.7 Å². The summed E-state index contributed by atoms with van der Waals surface area (Å²) in [5.41, 5.74) is 5.64. The van der Waals surface area contributed by atoms with Crippen molar-refractivity contribution >= 4 is 0 Å². The minimum Gasteiger partial charge on any atom is -0.396 e. The maximum absolute atomic E-state index is 8.59. The summed E-state index contributed by atoms with van der Waals surface area (Å²) in [5, 5.41) is 12.0. The van der Waals surface area contributed by atoms with Gasteiger partial charge in [-0.3, -0.25) is 0 Å². The van der Waals surface area contributed by atoms with Gasteiger partial charge in [-0.1, -0.05) is 6.42 Å². The van der Waals surface area contributed by atoms with E-state index in [1.165, 1.54) is 19.3 Å². The van der Waals surface area contributed by atoms with Crippen molar-refractivity contribution in [1.82, 2.24) is 5.32 Å². The molecule has 0 aromatic carbocycles. The van der Waals surface area contributed by atoms with E-state index in [9.17, 15) is 0 Å². The minimum atomic E-state index is 0.273. The average Bonchev–Trinajstić information content (AvgIpc) is 1.99. The number of rotatable bonds is 6. The smallest absolute Gasteiger partial charge is 0.0443 e. The highest BCUT2D eigenvalue weighted by Gasteiger charge is 2.25. The second kappa shape index (κ2) is 5.51. The number of aliphatic hydroxyl groups is 1. The van der Waals surface area contributed by atoms with Gasteiger partial charge in [-0.15, -0.1) is 0 Å². The van der Waals surface area contributed by atoms with Gasteiger partial charge in [0.1, 0.15) is 0 Å². The van der Waals surface area contributed by atoms with Crippen LogP contribution in [0.1, 0.15) is 25.7 Å². The summed E-state index contributed by atoms with van der Waals surface area (Å²) < 4.78 is 0. The summed E-state index contributed by atoms with van der Waals surface area (Å²) in [5.74, 6) is 0.800. The van der Waals surface area contributed by atoms with Gasteiger partial charge in [0, 0.05) is 19.2 Å². The van der Waals surface area contributed by atoms with E-state index in [1.54, 1.807) is 0 Å². The molecule has 1 fully saturated rings. The molecule has 0 bridgehead atoms. The van der Waals surface area contributed by atoms with Crippen molar-refractivity contribution in [3.8, 4) is 0 Å². The van der Waals surface area contributed by atoms with Crippen LogP contribution in [0.15, 0.2) is 0 Å². The molecule has 0 saturated heterocycles. The van der Waals surface area contributed by atoms with Gasteiger partial charge in [-0.2, -0.15) is 0 Å². The van der Waals surface area contributed by atoms with E-state index in [0.29, 0.717) is 6.04 Å². The Bertz CT molecular complexity index is 115. The van der Waals surface area contributed by atoms with Crippen LogP contribution in [0.4, 0.5) is 0 Å². The molecule has 3 heteroatoms. The first kappa shape index (κ1) is 9.96. The fourth-order valence-corrected chi connectivity index (χ4v) is 1.65. The summed E-state index contributed by atoms with van der Waals surface area (Å²) in [6.07, 6.45) is 4.86. The third-order valence-electron chi connectivity index (χ3n) is 2.71. The zero-order valence-electron chi connectivity index (χ0n) is 7.63. The van der Waals surface area contributed by atoms with Gasteiger partial charge in [0.25, 0.3) is 0 Å². The zero-order chi connectivity index (χ0) is 8.81. The van der Waals surface area contributed by atoms with Crippen LogP contribution in [-0.2, 0) is 0 Å². The van der Waals surface area contributed by atoms with Crippen molar-refractivity contribution in [2.75, 3.05) is 19.7 Å². The van der Waals surface area contributed by atoms with E-state index in [0.717, 1.165) is 25.4 Å². The minimum absolute atomic E-state index is 0.273. The molecule has 1 aliphatic rings. The van der Waals surface area contributed by atoms with Crippen LogP contribution in [0.3, 0.4) is 0 Å². The predicted molar refractivity (Wildman–Crippen MR) is 49.9 cm³/mol. The molecule has 0 amide bonds. The Morgan fingerprint density at radius 3 is 2.67 bits per heavy atom. The van der Waals surface area contributed by atoms with Gasteiger partial charge in [0.05, 0.1) is 0 Å². The van der Waals surface area contributed by atoms with Crippen molar-refractivity contribution in [3.63, 3.8) is 0 Å². The predicted octanol–water partition coefficient (Wildman–Crippen LogP) is 0.0858. The largest absolute Gasteiger partial charge is 0.396 e. The van der Waals surface area contributed by atoms with Gasteiger partial charge in [0.2, 0.25) is 0 Å². The Morgan fingerprint density at radius 1 is 1.50 bits per heavy atom. The Morgan fingerprint density at radius 2 is 2.25 bits per heavy atom. The second-order valence-corrected chi connectivity index (χ2v) is 3.56. The first-order valence-electron chi connectivity index (χ1n) is 4.92. The molecule has 12 heavy (non-hydrogen) atoms. The summed E-state index contributed by atoms with van der Waals surface area (Å²) >= 11 is 0. The molecule has 72 valence electrons. The quantitative estimate of drug-likeness (QED) is 0.497. The fraction of sp³-hybridized carbons (Fsp3) is 1.00. The van der Waals surface area contributed by atoms with Crippen LogP contribution in [0.25, 0.3) is 0 Å². The first-order valence-corrected chi connectivity index (χ1v) is 4.92. The van der Waals surface area contributed by atoms with Gasteiger partial charge in [-0.25, -0.2) is 0 Å². The molecule has 1 saturated carbocycles. The summed E-state index contributed by atoms with van der Waals surface area (Å²) in [7, 11) is 0. The van der Waals surface area contributed by atoms with E-state index >= 15 is 0 Å². The molecule has 3 nitrogen and oxygen atoms in total.